The van der Waals surface area contributed by atoms with Crippen LogP contribution in [0.15, 0.2) is 83.2 Å². The van der Waals surface area contributed by atoms with Gasteiger partial charge in [0.25, 0.3) is 15.9 Å². The van der Waals surface area contributed by atoms with Gasteiger partial charge in [0, 0.05) is 29.9 Å². The minimum absolute atomic E-state index is 0.0697. The lowest BCUT2D eigenvalue weighted by Gasteiger charge is -2.09. The molecule has 1 aromatic heterocycles. The number of benzene rings is 3. The first-order chi connectivity index (χ1) is 17.4. The fraction of sp³-hybridized carbons (Fsp3) is 0.120. The molecule has 0 radical (unpaired) electrons. The van der Waals surface area contributed by atoms with Gasteiger partial charge in [-0.05, 0) is 42.5 Å². The number of fused-ring (bicyclic) bond motifs is 2. The molecule has 1 aliphatic rings. The number of anilines is 1. The van der Waals surface area contributed by atoms with Crippen LogP contribution in [0.25, 0.3) is 10.2 Å². The van der Waals surface area contributed by atoms with Gasteiger partial charge in [-0.3, -0.25) is 9.52 Å². The summed E-state index contributed by atoms with van der Waals surface area (Å²) < 4.78 is 46.8. The van der Waals surface area contributed by atoms with Gasteiger partial charge in [0.2, 0.25) is 6.79 Å². The van der Waals surface area contributed by atoms with E-state index < -0.39 is 15.9 Å². The van der Waals surface area contributed by atoms with Crippen LogP contribution in [0.5, 0.6) is 17.2 Å². The maximum Gasteiger partial charge on any atom is 0.279 e. The number of hydrogen-bond donors (Lipinski definition) is 1. The number of rotatable bonds is 7. The molecule has 0 spiro atoms. The van der Waals surface area contributed by atoms with Crippen molar-refractivity contribution in [2.75, 3.05) is 18.6 Å². The molecule has 184 valence electrons. The van der Waals surface area contributed by atoms with E-state index in [4.69, 9.17) is 14.2 Å². The molecule has 0 saturated heterocycles. The number of amides is 1. The molecular formula is C25H21N3O6S2. The number of carbonyl (C=O) groups excluding carboxylic acids is 1. The quantitative estimate of drug-likeness (QED) is 0.364. The molecule has 1 aliphatic heterocycles. The van der Waals surface area contributed by atoms with E-state index in [0.29, 0.717) is 28.6 Å². The predicted molar refractivity (Wildman–Crippen MR) is 136 cm³/mol. The topological polar surface area (TPSA) is 108 Å². The molecule has 9 nitrogen and oxygen atoms in total. The van der Waals surface area contributed by atoms with Crippen LogP contribution in [0.4, 0.5) is 5.69 Å². The van der Waals surface area contributed by atoms with E-state index in [0.717, 1.165) is 10.2 Å². The second-order valence-corrected chi connectivity index (χ2v) is 10.4. The molecule has 1 N–H and O–H groups in total. The summed E-state index contributed by atoms with van der Waals surface area (Å²) in [6.45, 7) is 4.41. The second-order valence-electron chi connectivity index (χ2n) is 7.74. The fourth-order valence-electron chi connectivity index (χ4n) is 3.69. The average Bonchev–Trinajstić information content (AvgIpc) is 3.46. The first-order valence-corrected chi connectivity index (χ1v) is 13.1. The van der Waals surface area contributed by atoms with Crippen molar-refractivity contribution in [3.63, 3.8) is 0 Å². The molecule has 0 saturated carbocycles. The molecule has 0 unspecified atom stereocenters. The van der Waals surface area contributed by atoms with Gasteiger partial charge in [0.15, 0.2) is 16.3 Å². The summed E-state index contributed by atoms with van der Waals surface area (Å²) in [4.78, 5) is 17.9. The van der Waals surface area contributed by atoms with E-state index in [-0.39, 0.29) is 22.9 Å². The Morgan fingerprint density at radius 2 is 1.92 bits per heavy atom. The second kappa shape index (κ2) is 9.51. The van der Waals surface area contributed by atoms with Crippen molar-refractivity contribution in [3.05, 3.63) is 83.7 Å². The van der Waals surface area contributed by atoms with Crippen LogP contribution in [-0.4, -0.2) is 32.8 Å². The normalized spacial score (nSPS) is 13.1. The summed E-state index contributed by atoms with van der Waals surface area (Å²) in [5.74, 6) is 1.31. The summed E-state index contributed by atoms with van der Waals surface area (Å²) >= 11 is 1.34. The first kappa shape index (κ1) is 23.6. The van der Waals surface area contributed by atoms with Crippen molar-refractivity contribution in [1.29, 1.82) is 0 Å². The van der Waals surface area contributed by atoms with Crippen LogP contribution in [-0.2, 0) is 16.6 Å². The highest BCUT2D eigenvalue weighted by molar-refractivity contribution is 7.92. The third kappa shape index (κ3) is 4.58. The summed E-state index contributed by atoms with van der Waals surface area (Å²) in [6.07, 6.45) is 1.72. The molecule has 3 aromatic carbocycles. The van der Waals surface area contributed by atoms with Crippen LogP contribution >= 0.6 is 11.3 Å². The number of allylic oxidation sites excluding steroid dienone is 1. The first-order valence-electron chi connectivity index (χ1n) is 10.8. The van der Waals surface area contributed by atoms with Crippen LogP contribution < -0.4 is 23.7 Å². The monoisotopic (exact) mass is 523 g/mol. The number of sulfonamides is 1. The Bertz CT molecular complexity index is 1650. The van der Waals surface area contributed by atoms with E-state index in [2.05, 4.69) is 16.3 Å². The molecule has 5 rings (SSSR count). The lowest BCUT2D eigenvalue weighted by molar-refractivity contribution is 0.0998. The maximum atomic E-state index is 13.1. The Balaban J connectivity index is 1.46. The summed E-state index contributed by atoms with van der Waals surface area (Å²) in [7, 11) is -2.36. The van der Waals surface area contributed by atoms with Crippen molar-refractivity contribution in [1.82, 2.24) is 4.57 Å². The van der Waals surface area contributed by atoms with E-state index in [1.54, 1.807) is 36.4 Å². The molecule has 36 heavy (non-hydrogen) atoms. The van der Waals surface area contributed by atoms with Crippen LogP contribution in [0.1, 0.15) is 10.4 Å². The van der Waals surface area contributed by atoms with Crippen molar-refractivity contribution in [2.45, 2.75) is 11.4 Å². The van der Waals surface area contributed by atoms with Gasteiger partial charge in [-0.15, -0.1) is 6.58 Å². The summed E-state index contributed by atoms with van der Waals surface area (Å²) in [5.41, 5.74) is 1.33. The van der Waals surface area contributed by atoms with Crippen molar-refractivity contribution < 1.29 is 27.4 Å². The van der Waals surface area contributed by atoms with E-state index in [1.807, 2.05) is 16.7 Å². The smallest absolute Gasteiger partial charge is 0.279 e. The fourth-order valence-corrected chi connectivity index (χ4v) is 5.78. The Labute approximate surface area is 210 Å². The molecule has 0 fully saturated rings. The van der Waals surface area contributed by atoms with Crippen molar-refractivity contribution >= 4 is 43.2 Å². The van der Waals surface area contributed by atoms with Gasteiger partial charge in [0.05, 0.1) is 22.2 Å². The summed E-state index contributed by atoms with van der Waals surface area (Å²) in [5, 5.41) is 0. The van der Waals surface area contributed by atoms with E-state index in [1.165, 1.54) is 36.6 Å². The standard InChI is InChI=1S/C25H21N3O6S2/c1-3-11-28-20-13-21-22(34-15-33-21)14-23(20)35-25(28)26-24(29)16-5-4-6-17(12-16)27-36(30,31)19-9-7-18(32-2)8-10-19/h3-10,12-14,27H,1,11,15H2,2H3. The maximum absolute atomic E-state index is 13.1. The largest absolute Gasteiger partial charge is 0.497 e. The van der Waals surface area contributed by atoms with Gasteiger partial charge in [0.1, 0.15) is 5.75 Å². The SMILES string of the molecule is C=CCn1c(=NC(=O)c2cccc(NS(=O)(=O)c3ccc(OC)cc3)c2)sc2cc3c(cc21)OCO3. The molecule has 0 atom stereocenters. The Hall–Kier alpha value is -4.09. The van der Waals surface area contributed by atoms with Crippen LogP contribution in [0.3, 0.4) is 0 Å². The zero-order chi connectivity index (χ0) is 25.3. The number of hydrogen-bond acceptors (Lipinski definition) is 7. The van der Waals surface area contributed by atoms with Gasteiger partial charge >= 0.3 is 0 Å². The average molecular weight is 524 g/mol. The molecule has 0 bridgehead atoms. The molecule has 2 heterocycles. The third-order valence-corrected chi connectivity index (χ3v) is 7.86. The predicted octanol–water partition coefficient (Wildman–Crippen LogP) is 4.17. The third-order valence-electron chi connectivity index (χ3n) is 5.42. The number of carbonyl (C=O) groups is 1. The van der Waals surface area contributed by atoms with Crippen LogP contribution in [0, 0.1) is 0 Å². The molecular weight excluding hydrogens is 502 g/mol. The van der Waals surface area contributed by atoms with Gasteiger partial charge in [-0.1, -0.05) is 23.5 Å². The van der Waals surface area contributed by atoms with Gasteiger partial charge < -0.3 is 18.8 Å². The summed E-state index contributed by atoms with van der Waals surface area (Å²) in [6, 6.07) is 15.9. The Morgan fingerprint density at radius 1 is 1.17 bits per heavy atom. The number of nitrogens with zero attached hydrogens (tertiary/aromatic N) is 2. The highest BCUT2D eigenvalue weighted by Crippen LogP contribution is 2.37. The molecule has 11 heteroatoms. The zero-order valence-corrected chi connectivity index (χ0v) is 20.8. The van der Waals surface area contributed by atoms with Crippen molar-refractivity contribution in [2.24, 2.45) is 4.99 Å². The van der Waals surface area contributed by atoms with Crippen LogP contribution in [0.2, 0.25) is 0 Å². The lowest BCUT2D eigenvalue weighted by Crippen LogP contribution is -2.16. The van der Waals surface area contributed by atoms with E-state index >= 15 is 0 Å². The zero-order valence-electron chi connectivity index (χ0n) is 19.1. The number of aromatic nitrogens is 1. The molecule has 0 aliphatic carbocycles. The number of nitrogens with one attached hydrogen (secondary N) is 1. The highest BCUT2D eigenvalue weighted by atomic mass is 32.2. The highest BCUT2D eigenvalue weighted by Gasteiger charge is 2.19. The number of ether oxygens (including phenoxy) is 3. The Kier molecular flexibility index (Phi) is 6.25. The number of thiazole rings is 1. The van der Waals surface area contributed by atoms with Crippen molar-refractivity contribution in [3.8, 4) is 17.2 Å². The van der Waals surface area contributed by atoms with Gasteiger partial charge in [-0.25, -0.2) is 8.42 Å². The molecule has 1 amide bonds. The van der Waals surface area contributed by atoms with Gasteiger partial charge in [-0.2, -0.15) is 4.99 Å². The minimum atomic E-state index is -3.86. The van der Waals surface area contributed by atoms with E-state index in [9.17, 15) is 13.2 Å². The molecule has 4 aromatic rings. The Morgan fingerprint density at radius 3 is 2.64 bits per heavy atom. The lowest BCUT2D eigenvalue weighted by atomic mass is 10.2. The number of methoxy groups -OCH3 is 1. The minimum Gasteiger partial charge on any atom is -0.497 e.